The molecular formula is C22H26F3N7O3. The first-order valence-corrected chi connectivity index (χ1v) is 11.4. The Balaban J connectivity index is 1.23. The third kappa shape index (κ3) is 4.21. The van der Waals surface area contributed by atoms with Crippen molar-refractivity contribution in [3.05, 3.63) is 23.9 Å². The number of anilines is 3. The maximum absolute atomic E-state index is 12.9. The van der Waals surface area contributed by atoms with Crippen molar-refractivity contribution >= 4 is 23.4 Å². The third-order valence-corrected chi connectivity index (χ3v) is 7.01. The Bertz CT molecular complexity index is 1110. The summed E-state index contributed by atoms with van der Waals surface area (Å²) in [7, 11) is 3.48. The van der Waals surface area contributed by atoms with Crippen LogP contribution in [-0.2, 0) is 15.7 Å². The van der Waals surface area contributed by atoms with Gasteiger partial charge < -0.3 is 25.0 Å². The number of amides is 1. The van der Waals surface area contributed by atoms with Crippen molar-refractivity contribution in [1.29, 1.82) is 0 Å². The van der Waals surface area contributed by atoms with Crippen molar-refractivity contribution in [1.82, 2.24) is 19.9 Å². The summed E-state index contributed by atoms with van der Waals surface area (Å²) >= 11 is 0. The molecule has 2 aliphatic carbocycles. The molecule has 35 heavy (non-hydrogen) atoms. The lowest BCUT2D eigenvalue weighted by atomic mass is 9.73. The standard InChI is InChI=1S/C22H26F3N7O3/c1-11-15-17(32(2)16(18(33)30-15)21(34-3)5-4-6-21)31-20(28-11)29-12-7-13(8-12)35-14-9-26-19(27-10-14)22(23,24)25/h9-10,12-13,16H,4-8H2,1-3H3,(H,30,33)(H,28,29,31). The van der Waals surface area contributed by atoms with Gasteiger partial charge in [-0.2, -0.15) is 18.2 Å². The predicted octanol–water partition coefficient (Wildman–Crippen LogP) is 2.94. The molecule has 2 aromatic rings. The smallest absolute Gasteiger partial charge is 0.451 e. The predicted molar refractivity (Wildman–Crippen MR) is 119 cm³/mol. The molecule has 10 nitrogen and oxygen atoms in total. The zero-order valence-electron chi connectivity index (χ0n) is 19.5. The summed E-state index contributed by atoms with van der Waals surface area (Å²) in [5.41, 5.74) is 0.705. The molecule has 1 unspecified atom stereocenters. The lowest BCUT2D eigenvalue weighted by Crippen LogP contribution is -2.64. The van der Waals surface area contributed by atoms with Gasteiger partial charge in [-0.15, -0.1) is 0 Å². The summed E-state index contributed by atoms with van der Waals surface area (Å²) in [5, 5.41) is 6.25. The molecule has 1 amide bonds. The van der Waals surface area contributed by atoms with Crippen molar-refractivity contribution in [3.8, 4) is 5.75 Å². The molecule has 5 rings (SSSR count). The number of hydrogen-bond donors (Lipinski definition) is 2. The van der Waals surface area contributed by atoms with E-state index in [-0.39, 0.29) is 23.8 Å². The van der Waals surface area contributed by atoms with Crippen LogP contribution in [0.15, 0.2) is 12.4 Å². The minimum Gasteiger partial charge on any atom is -0.487 e. The first-order chi connectivity index (χ1) is 16.6. The number of methoxy groups -OCH3 is 1. The number of carbonyl (C=O) groups excluding carboxylic acids is 1. The van der Waals surface area contributed by atoms with Crippen LogP contribution < -0.4 is 20.3 Å². The molecular weight excluding hydrogens is 467 g/mol. The second kappa shape index (κ2) is 8.47. The fraction of sp³-hybridized carbons (Fsp3) is 0.591. The minimum atomic E-state index is -4.59. The normalized spacial score (nSPS) is 25.1. The average Bonchev–Trinajstić information content (AvgIpc) is 2.74. The van der Waals surface area contributed by atoms with Crippen molar-refractivity contribution in [3.63, 3.8) is 0 Å². The summed E-state index contributed by atoms with van der Waals surface area (Å²) in [6.45, 7) is 1.81. The Kier molecular flexibility index (Phi) is 5.69. The van der Waals surface area contributed by atoms with E-state index in [1.165, 1.54) is 0 Å². The Morgan fingerprint density at radius 2 is 1.89 bits per heavy atom. The molecule has 2 fully saturated rings. The molecule has 0 saturated heterocycles. The van der Waals surface area contributed by atoms with E-state index >= 15 is 0 Å². The molecule has 2 saturated carbocycles. The zero-order chi connectivity index (χ0) is 25.0. The van der Waals surface area contributed by atoms with Crippen molar-refractivity contribution in [2.75, 3.05) is 29.7 Å². The quantitative estimate of drug-likeness (QED) is 0.627. The lowest BCUT2D eigenvalue weighted by Gasteiger charge is -2.50. The summed E-state index contributed by atoms with van der Waals surface area (Å²) < 4.78 is 49.2. The number of aromatic nitrogens is 4. The lowest BCUT2D eigenvalue weighted by molar-refractivity contribution is -0.145. The van der Waals surface area contributed by atoms with Crippen molar-refractivity contribution in [2.24, 2.45) is 0 Å². The number of nitrogens with zero attached hydrogens (tertiary/aromatic N) is 5. The van der Waals surface area contributed by atoms with Gasteiger partial charge in [-0.3, -0.25) is 4.79 Å². The maximum atomic E-state index is 12.9. The van der Waals surface area contributed by atoms with E-state index < -0.39 is 23.6 Å². The van der Waals surface area contributed by atoms with E-state index in [0.29, 0.717) is 36.0 Å². The molecule has 1 atom stereocenters. The summed E-state index contributed by atoms with van der Waals surface area (Å²) in [4.78, 5) is 30.6. The van der Waals surface area contributed by atoms with Gasteiger partial charge in [0.25, 0.3) is 0 Å². The number of fused-ring (bicyclic) bond motifs is 1. The monoisotopic (exact) mass is 493 g/mol. The van der Waals surface area contributed by atoms with Gasteiger partial charge in [-0.1, -0.05) is 0 Å². The highest BCUT2D eigenvalue weighted by atomic mass is 19.4. The number of halogens is 3. The number of carbonyl (C=O) groups is 1. The Morgan fingerprint density at radius 1 is 1.20 bits per heavy atom. The molecule has 2 aromatic heterocycles. The van der Waals surface area contributed by atoms with Gasteiger partial charge in [0.1, 0.15) is 17.8 Å². The largest absolute Gasteiger partial charge is 0.487 e. The van der Waals surface area contributed by atoms with E-state index in [1.807, 2.05) is 18.9 Å². The number of ether oxygens (including phenoxy) is 2. The highest BCUT2D eigenvalue weighted by Crippen LogP contribution is 2.44. The molecule has 0 spiro atoms. The molecule has 3 aliphatic rings. The fourth-order valence-corrected chi connectivity index (χ4v) is 4.90. The van der Waals surface area contributed by atoms with Gasteiger partial charge in [0.05, 0.1) is 23.7 Å². The van der Waals surface area contributed by atoms with Crippen LogP contribution in [0.2, 0.25) is 0 Å². The number of likely N-dealkylation sites (N-methyl/N-ethyl adjacent to an activating group) is 1. The molecule has 0 radical (unpaired) electrons. The highest BCUT2D eigenvalue weighted by molar-refractivity contribution is 6.04. The van der Waals surface area contributed by atoms with Gasteiger partial charge in [0.15, 0.2) is 11.6 Å². The average molecular weight is 493 g/mol. The maximum Gasteiger partial charge on any atom is 0.451 e. The Labute approximate surface area is 199 Å². The first kappa shape index (κ1) is 23.5. The summed E-state index contributed by atoms with van der Waals surface area (Å²) in [6, 6.07) is -0.451. The van der Waals surface area contributed by atoms with Crippen LogP contribution in [-0.4, -0.2) is 63.8 Å². The number of aryl methyl sites for hydroxylation is 1. The number of rotatable bonds is 6. The van der Waals surface area contributed by atoms with E-state index in [0.717, 1.165) is 31.7 Å². The minimum absolute atomic E-state index is 0.0315. The van der Waals surface area contributed by atoms with Crippen LogP contribution in [0.5, 0.6) is 5.75 Å². The van der Waals surface area contributed by atoms with Gasteiger partial charge >= 0.3 is 6.18 Å². The topological polar surface area (TPSA) is 114 Å². The zero-order valence-corrected chi connectivity index (χ0v) is 19.5. The first-order valence-electron chi connectivity index (χ1n) is 11.4. The van der Waals surface area contributed by atoms with E-state index in [4.69, 9.17) is 9.47 Å². The van der Waals surface area contributed by atoms with E-state index in [9.17, 15) is 18.0 Å². The third-order valence-electron chi connectivity index (χ3n) is 7.01. The number of alkyl halides is 3. The molecule has 3 heterocycles. The van der Waals surface area contributed by atoms with Crippen molar-refractivity contribution in [2.45, 2.75) is 69.0 Å². The molecule has 188 valence electrons. The van der Waals surface area contributed by atoms with E-state index in [2.05, 4.69) is 30.6 Å². The number of hydrogen-bond acceptors (Lipinski definition) is 9. The van der Waals surface area contributed by atoms with Crippen LogP contribution in [0.3, 0.4) is 0 Å². The second-order valence-corrected chi connectivity index (χ2v) is 9.25. The fourth-order valence-electron chi connectivity index (χ4n) is 4.90. The van der Waals surface area contributed by atoms with Gasteiger partial charge in [-0.25, -0.2) is 15.0 Å². The van der Waals surface area contributed by atoms with Crippen LogP contribution in [0.4, 0.5) is 30.6 Å². The van der Waals surface area contributed by atoms with Crippen molar-refractivity contribution < 1.29 is 27.4 Å². The Hall–Kier alpha value is -3.22. The molecule has 2 N–H and O–H groups in total. The van der Waals surface area contributed by atoms with Crippen LogP contribution in [0.25, 0.3) is 0 Å². The van der Waals surface area contributed by atoms with Gasteiger partial charge in [-0.05, 0) is 26.2 Å². The second-order valence-electron chi connectivity index (χ2n) is 9.25. The van der Waals surface area contributed by atoms with Gasteiger partial charge in [0, 0.05) is 33.0 Å². The Morgan fingerprint density at radius 3 is 2.46 bits per heavy atom. The molecule has 13 heteroatoms. The van der Waals surface area contributed by atoms with Crippen LogP contribution in [0.1, 0.15) is 43.6 Å². The number of nitrogens with one attached hydrogen (secondary N) is 2. The van der Waals surface area contributed by atoms with E-state index in [1.54, 1.807) is 7.11 Å². The van der Waals surface area contributed by atoms with Gasteiger partial charge in [0.2, 0.25) is 17.7 Å². The van der Waals surface area contributed by atoms with Crippen LogP contribution in [0, 0.1) is 6.92 Å². The SMILES string of the molecule is COC1(C2C(=O)Nc3c(C)nc(NC4CC(Oc5cnc(C(F)(F)F)nc5)C4)nc3N2C)CCC1. The molecule has 0 bridgehead atoms. The molecule has 1 aliphatic heterocycles. The van der Waals surface area contributed by atoms with Crippen LogP contribution >= 0.6 is 0 Å². The highest BCUT2D eigenvalue weighted by Gasteiger charge is 2.52. The summed E-state index contributed by atoms with van der Waals surface area (Å²) in [5.74, 6) is -0.0737. The molecule has 0 aromatic carbocycles. The summed E-state index contributed by atoms with van der Waals surface area (Å²) in [6.07, 6.45) is 1.15.